The van der Waals surface area contributed by atoms with Gasteiger partial charge in [0.1, 0.15) is 0 Å². The number of nitrogens with one attached hydrogen (secondary N) is 1. The number of amides is 1. The number of pyridine rings is 1. The molecule has 0 aliphatic carbocycles. The van der Waals surface area contributed by atoms with Crippen LogP contribution in [-0.2, 0) is 18.3 Å². The van der Waals surface area contributed by atoms with Gasteiger partial charge >= 0.3 is 0 Å². The van der Waals surface area contributed by atoms with Gasteiger partial charge in [-0.2, -0.15) is 0 Å². The topological polar surface area (TPSA) is 86.1 Å². The number of benzene rings is 1. The van der Waals surface area contributed by atoms with Crippen LogP contribution in [0.1, 0.15) is 14.0 Å². The largest absolute Gasteiger partial charge is 0.478 e. The lowest BCUT2D eigenvalue weighted by Crippen LogP contribution is -2.27. The summed E-state index contributed by atoms with van der Waals surface area (Å²) in [7, 11) is 2.81. The van der Waals surface area contributed by atoms with Crippen molar-refractivity contribution in [1.82, 2.24) is 19.9 Å². The highest BCUT2D eigenvalue weighted by atomic mass is 35.5. The van der Waals surface area contributed by atoms with E-state index >= 15 is 0 Å². The Bertz CT molecular complexity index is 1170. The third kappa shape index (κ3) is 4.20. The summed E-state index contributed by atoms with van der Waals surface area (Å²) in [5, 5.41) is 3.23. The number of aromatic nitrogens is 3. The second-order valence-electron chi connectivity index (χ2n) is 5.66. The zero-order chi connectivity index (χ0) is 21.3. The average molecular weight is 409 g/mol. The maximum Gasteiger partial charge on any atom is 0.293 e. The van der Waals surface area contributed by atoms with Crippen LogP contribution in [-0.4, -0.2) is 34.0 Å². The van der Waals surface area contributed by atoms with Crippen LogP contribution in [0, 0.1) is 0 Å². The van der Waals surface area contributed by atoms with Crippen molar-refractivity contribution < 1.29 is 12.3 Å². The number of fused-ring (bicyclic) bond motifs is 1. The minimum absolute atomic E-state index is 0.0831. The lowest BCUT2D eigenvalue weighted by Gasteiger charge is -2.11. The third-order valence-electron chi connectivity index (χ3n) is 3.89. The molecule has 3 rings (SSSR count). The number of hydrogen-bond acceptors (Lipinski definition) is 5. The molecule has 1 N–H and O–H groups in total. The molecule has 0 fully saturated rings. The molecule has 1 amide bonds. The van der Waals surface area contributed by atoms with E-state index in [-0.39, 0.29) is 11.0 Å². The molecule has 27 heavy (non-hydrogen) atoms. The van der Waals surface area contributed by atoms with Gasteiger partial charge in [0, 0.05) is 25.9 Å². The van der Waals surface area contributed by atoms with Crippen LogP contribution in [0.15, 0.2) is 35.3 Å². The van der Waals surface area contributed by atoms with E-state index in [4.69, 9.17) is 30.7 Å². The summed E-state index contributed by atoms with van der Waals surface area (Å²) in [5.74, 6) is -1.28. The maximum atomic E-state index is 12.5. The quantitative estimate of drug-likeness (QED) is 0.654. The van der Waals surface area contributed by atoms with Crippen molar-refractivity contribution in [2.24, 2.45) is 7.05 Å². The van der Waals surface area contributed by atoms with Gasteiger partial charge in [0.05, 0.1) is 25.2 Å². The van der Waals surface area contributed by atoms with E-state index in [1.807, 2.05) is 6.07 Å². The van der Waals surface area contributed by atoms with Crippen LogP contribution in [0.4, 0.5) is 0 Å². The van der Waals surface area contributed by atoms with E-state index in [9.17, 15) is 9.59 Å². The van der Waals surface area contributed by atoms with Gasteiger partial charge in [0.25, 0.3) is 11.5 Å². The molecule has 3 aromatic rings. The molecule has 0 spiro atoms. The van der Waals surface area contributed by atoms with E-state index in [1.54, 1.807) is 12.1 Å². The van der Waals surface area contributed by atoms with E-state index in [0.717, 1.165) is 5.56 Å². The van der Waals surface area contributed by atoms with Crippen molar-refractivity contribution in [2.75, 3.05) is 13.6 Å². The van der Waals surface area contributed by atoms with Crippen molar-refractivity contribution in [3.05, 3.63) is 62.4 Å². The predicted octanol–water partition coefficient (Wildman–Crippen LogP) is 2.35. The van der Waals surface area contributed by atoms with E-state index in [0.29, 0.717) is 28.0 Å². The summed E-state index contributed by atoms with van der Waals surface area (Å²) < 4.78 is 21.9. The Hall–Kier alpha value is -2.64. The zero-order valence-electron chi connectivity index (χ0n) is 16.4. The highest BCUT2D eigenvalue weighted by Gasteiger charge is 2.11. The number of carbonyl (C=O) groups is 1. The van der Waals surface area contributed by atoms with Crippen molar-refractivity contribution >= 4 is 40.0 Å². The monoisotopic (exact) mass is 408 g/mol. The molecule has 1 aromatic carbocycles. The summed E-state index contributed by atoms with van der Waals surface area (Å²) in [6, 6.07) is 6.76. The summed E-state index contributed by atoms with van der Waals surface area (Å²) >= 11 is 12.0. The van der Waals surface area contributed by atoms with Crippen LogP contribution < -0.4 is 15.6 Å². The van der Waals surface area contributed by atoms with Gasteiger partial charge in [-0.05, 0) is 35.4 Å². The van der Waals surface area contributed by atoms with E-state index in [2.05, 4.69) is 15.3 Å². The second-order valence-corrected chi connectivity index (χ2v) is 6.40. The molecule has 140 valence electrons. The van der Waals surface area contributed by atoms with Gasteiger partial charge < -0.3 is 14.6 Å². The van der Waals surface area contributed by atoms with Crippen LogP contribution in [0.3, 0.4) is 0 Å². The number of likely N-dealkylation sites (N-methyl/N-ethyl adjacent to an activating group) is 1. The number of aryl methyl sites for hydroxylation is 1. The molecular formula is C18H16Cl2N4O3. The Balaban J connectivity index is 2.03. The molecule has 0 atom stereocenters. The highest BCUT2D eigenvalue weighted by Crippen LogP contribution is 2.22. The summed E-state index contributed by atoms with van der Waals surface area (Å²) in [6.07, 6.45) is 1.79. The molecule has 0 radical (unpaired) electrons. The number of rotatable bonds is 5. The Morgan fingerprint density at radius 2 is 2.15 bits per heavy atom. The fourth-order valence-electron chi connectivity index (χ4n) is 2.53. The Morgan fingerprint density at radius 3 is 2.89 bits per heavy atom. The molecule has 0 saturated heterocycles. The molecule has 9 heteroatoms. The van der Waals surface area contributed by atoms with Crippen molar-refractivity contribution in [1.29, 1.82) is 0 Å². The molecular weight excluding hydrogens is 391 g/mol. The van der Waals surface area contributed by atoms with Crippen LogP contribution in [0.25, 0.3) is 10.9 Å². The maximum absolute atomic E-state index is 12.5. The van der Waals surface area contributed by atoms with Gasteiger partial charge in [-0.15, -0.1) is 0 Å². The first kappa shape index (κ1) is 16.5. The van der Waals surface area contributed by atoms with Crippen molar-refractivity contribution in [2.45, 2.75) is 6.42 Å². The minimum Gasteiger partial charge on any atom is -0.478 e. The van der Waals surface area contributed by atoms with E-state index < -0.39 is 18.0 Å². The molecule has 0 bridgehead atoms. The standard InChI is InChI=1S/C18H16Cl2N4O3/c1-21-16(25)9-27-15-7-11-5-10(3-4-14(11)24(2)17(15)26)6-13-12(19)8-22-18(20)23-13/h3-5,7-8H,6,9H2,1-2H3,(H,21,25)/i9D2. The number of ether oxygens (including phenoxy) is 1. The molecule has 0 aliphatic rings. The fourth-order valence-corrected chi connectivity index (χ4v) is 2.84. The van der Waals surface area contributed by atoms with Gasteiger partial charge in [-0.1, -0.05) is 17.7 Å². The predicted molar refractivity (Wildman–Crippen MR) is 104 cm³/mol. The zero-order valence-corrected chi connectivity index (χ0v) is 15.9. The number of carbonyl (C=O) groups excluding carboxylic acids is 1. The van der Waals surface area contributed by atoms with Crippen molar-refractivity contribution in [3.8, 4) is 5.75 Å². The fraction of sp³-hybridized carbons (Fsp3) is 0.222. The first-order valence-corrected chi connectivity index (χ1v) is 8.59. The Labute approximate surface area is 167 Å². The number of nitrogens with zero attached hydrogens (tertiary/aromatic N) is 3. The smallest absolute Gasteiger partial charge is 0.293 e. The first-order valence-electron chi connectivity index (χ1n) is 8.83. The van der Waals surface area contributed by atoms with E-state index in [1.165, 1.54) is 30.9 Å². The molecule has 0 saturated carbocycles. The first-order chi connectivity index (χ1) is 13.6. The summed E-state index contributed by atoms with van der Waals surface area (Å²) in [6.45, 7) is -2.70. The van der Waals surface area contributed by atoms with Gasteiger partial charge in [0.15, 0.2) is 12.3 Å². The minimum atomic E-state index is -2.70. The normalized spacial score (nSPS) is 12.4. The molecule has 7 nitrogen and oxygen atoms in total. The Kier molecular flexibility index (Phi) is 4.86. The van der Waals surface area contributed by atoms with Gasteiger partial charge in [0.2, 0.25) is 5.28 Å². The lowest BCUT2D eigenvalue weighted by molar-refractivity contribution is -0.122. The average Bonchev–Trinajstić information content (AvgIpc) is 2.67. The third-order valence-corrected chi connectivity index (χ3v) is 4.39. The molecule has 0 aliphatic heterocycles. The lowest BCUT2D eigenvalue weighted by atomic mass is 10.1. The van der Waals surface area contributed by atoms with Crippen LogP contribution in [0.2, 0.25) is 10.3 Å². The molecule has 0 unspecified atom stereocenters. The highest BCUT2D eigenvalue weighted by molar-refractivity contribution is 6.32. The van der Waals surface area contributed by atoms with Gasteiger partial charge in [-0.3, -0.25) is 9.59 Å². The van der Waals surface area contributed by atoms with Crippen molar-refractivity contribution in [3.63, 3.8) is 0 Å². The van der Waals surface area contributed by atoms with Crippen LogP contribution in [0.5, 0.6) is 5.75 Å². The van der Waals surface area contributed by atoms with Gasteiger partial charge in [-0.25, -0.2) is 9.97 Å². The summed E-state index contributed by atoms with van der Waals surface area (Å²) in [5.41, 5.74) is 1.42. The molecule has 2 heterocycles. The van der Waals surface area contributed by atoms with Crippen LogP contribution >= 0.6 is 23.2 Å². The Morgan fingerprint density at radius 1 is 1.37 bits per heavy atom. The number of hydrogen-bond donors (Lipinski definition) is 1. The number of halogens is 2. The molecule has 2 aromatic heterocycles. The second kappa shape index (κ2) is 7.94. The summed E-state index contributed by atoms with van der Waals surface area (Å²) in [4.78, 5) is 32.1. The SMILES string of the molecule is [2H]C([2H])(Oc1cc2cc(Cc3nc(Cl)ncc3Cl)ccc2n(C)c1=O)C(=O)NC.